The Hall–Kier alpha value is -0.550. The summed E-state index contributed by atoms with van der Waals surface area (Å²) in [6.45, 7) is 20.3. The Morgan fingerprint density at radius 3 is 1.57 bits per heavy atom. The second-order valence-corrected chi connectivity index (χ2v) is 10.0. The summed E-state index contributed by atoms with van der Waals surface area (Å²) in [7, 11) is -0.870. The molecule has 0 atom stereocenters. The molecular weight excluding hydrogens is 375 g/mol. The molecule has 0 aromatic rings. The fourth-order valence-corrected chi connectivity index (χ4v) is 5.50. The van der Waals surface area contributed by atoms with Crippen LogP contribution in [0.25, 0.3) is 0 Å². The van der Waals surface area contributed by atoms with Crippen molar-refractivity contribution in [1.82, 2.24) is 9.34 Å². The minimum absolute atomic E-state index is 0.0124. The van der Waals surface area contributed by atoms with Gasteiger partial charge in [0, 0.05) is 30.6 Å². The number of nitrogens with zero attached hydrogens (tertiary/aromatic N) is 2. The average molecular weight is 419 g/mol. The van der Waals surface area contributed by atoms with Gasteiger partial charge >= 0.3 is 5.97 Å². The fraction of sp³-hybridized carbons (Fsp3) is 0.905. The standard InChI is InChI=1S/C21H43N2O4P/c1-16(2)22(17(3)4)28(23(18(5)6)19(7)8)27-15-11-10-14-26-21(25)13-12-20(9)24/h16-19H,10-15H2,1-9H3. The lowest BCUT2D eigenvalue weighted by atomic mass is 10.2. The van der Waals surface area contributed by atoms with Crippen LogP contribution in [0.1, 0.15) is 88.0 Å². The van der Waals surface area contributed by atoms with Crippen molar-refractivity contribution in [3.8, 4) is 0 Å². The van der Waals surface area contributed by atoms with Crippen LogP contribution in [0.2, 0.25) is 0 Å². The molecule has 28 heavy (non-hydrogen) atoms. The van der Waals surface area contributed by atoms with Gasteiger partial charge < -0.3 is 14.1 Å². The first-order chi connectivity index (χ1) is 13.0. The summed E-state index contributed by atoms with van der Waals surface area (Å²) in [5.74, 6) is -0.284. The zero-order valence-corrected chi connectivity index (χ0v) is 20.4. The Morgan fingerprint density at radius 2 is 1.18 bits per heavy atom. The number of unbranched alkanes of at least 4 members (excludes halogenated alkanes) is 1. The summed E-state index contributed by atoms with van der Waals surface area (Å²) in [4.78, 5) is 22.4. The van der Waals surface area contributed by atoms with Gasteiger partial charge in [0.1, 0.15) is 5.78 Å². The van der Waals surface area contributed by atoms with Crippen LogP contribution in [-0.4, -0.2) is 58.5 Å². The molecule has 0 bridgehead atoms. The van der Waals surface area contributed by atoms with Crippen LogP contribution in [0.5, 0.6) is 0 Å². The second-order valence-electron chi connectivity index (χ2n) is 8.35. The molecule has 0 saturated heterocycles. The van der Waals surface area contributed by atoms with Gasteiger partial charge in [0.25, 0.3) is 0 Å². The van der Waals surface area contributed by atoms with E-state index in [-0.39, 0.29) is 24.6 Å². The number of hydrogen-bond acceptors (Lipinski definition) is 6. The average Bonchev–Trinajstić information content (AvgIpc) is 2.54. The third kappa shape index (κ3) is 10.8. The molecule has 0 fully saturated rings. The highest BCUT2D eigenvalue weighted by Gasteiger charge is 2.34. The molecular formula is C21H43N2O4P. The molecule has 0 aromatic heterocycles. The van der Waals surface area contributed by atoms with Crippen LogP contribution in [0, 0.1) is 0 Å². The molecule has 0 aliphatic heterocycles. The molecule has 0 aliphatic carbocycles. The molecule has 0 aromatic carbocycles. The minimum atomic E-state index is -0.870. The van der Waals surface area contributed by atoms with Crippen molar-refractivity contribution in [2.24, 2.45) is 0 Å². The van der Waals surface area contributed by atoms with Crippen LogP contribution in [0.15, 0.2) is 0 Å². The van der Waals surface area contributed by atoms with Crippen molar-refractivity contribution in [2.45, 2.75) is 112 Å². The molecule has 0 radical (unpaired) electrons. The lowest BCUT2D eigenvalue weighted by Gasteiger charge is -2.45. The van der Waals surface area contributed by atoms with E-state index in [0.29, 0.717) is 37.4 Å². The van der Waals surface area contributed by atoms with Crippen LogP contribution in [0.3, 0.4) is 0 Å². The van der Waals surface area contributed by atoms with E-state index >= 15 is 0 Å². The summed E-state index contributed by atoms with van der Waals surface area (Å²) in [6.07, 6.45) is 2.04. The molecule has 0 N–H and O–H groups in total. The third-order valence-corrected chi connectivity index (χ3v) is 7.25. The quantitative estimate of drug-likeness (QED) is 0.208. The summed E-state index contributed by atoms with van der Waals surface area (Å²) >= 11 is 0. The van der Waals surface area contributed by atoms with E-state index in [2.05, 4.69) is 64.7 Å². The van der Waals surface area contributed by atoms with Gasteiger partial charge in [0.05, 0.1) is 19.6 Å². The molecule has 0 spiro atoms. The maximum absolute atomic E-state index is 11.6. The van der Waals surface area contributed by atoms with E-state index in [4.69, 9.17) is 9.26 Å². The summed E-state index contributed by atoms with van der Waals surface area (Å²) < 4.78 is 16.6. The smallest absolute Gasteiger partial charge is 0.306 e. The highest BCUT2D eigenvalue weighted by atomic mass is 31.2. The van der Waals surface area contributed by atoms with Gasteiger partial charge in [0.2, 0.25) is 0 Å². The van der Waals surface area contributed by atoms with Crippen LogP contribution in [-0.2, 0) is 18.8 Å². The number of hydrogen-bond donors (Lipinski definition) is 0. The van der Waals surface area contributed by atoms with Crippen LogP contribution < -0.4 is 0 Å². The van der Waals surface area contributed by atoms with Gasteiger partial charge in [-0.15, -0.1) is 0 Å². The summed E-state index contributed by atoms with van der Waals surface area (Å²) in [6, 6.07) is 1.59. The Kier molecular flexibility index (Phi) is 14.2. The van der Waals surface area contributed by atoms with Crippen molar-refractivity contribution in [3.05, 3.63) is 0 Å². The Morgan fingerprint density at radius 1 is 0.750 bits per heavy atom. The van der Waals surface area contributed by atoms with Crippen molar-refractivity contribution in [2.75, 3.05) is 13.2 Å². The maximum atomic E-state index is 11.6. The number of carbonyl (C=O) groups excluding carboxylic acids is 2. The fourth-order valence-electron chi connectivity index (χ4n) is 3.12. The second kappa shape index (κ2) is 14.4. The molecule has 0 saturated carbocycles. The number of Topliss-reactive ketones (excluding diaryl/α,β-unsaturated/α-hetero) is 1. The number of rotatable bonds is 15. The first kappa shape index (κ1) is 27.5. The van der Waals surface area contributed by atoms with E-state index < -0.39 is 8.45 Å². The van der Waals surface area contributed by atoms with E-state index in [0.717, 1.165) is 12.8 Å². The van der Waals surface area contributed by atoms with Gasteiger partial charge in [-0.2, -0.15) is 0 Å². The van der Waals surface area contributed by atoms with E-state index in [1.54, 1.807) is 0 Å². The molecule has 0 aliphatic rings. The molecule has 0 heterocycles. The topological polar surface area (TPSA) is 59.1 Å². The molecule has 0 rings (SSSR count). The first-order valence-electron chi connectivity index (χ1n) is 10.6. The Bertz CT molecular complexity index is 420. The van der Waals surface area contributed by atoms with Gasteiger partial charge in [-0.05, 0) is 75.2 Å². The number of carbonyl (C=O) groups is 2. The van der Waals surface area contributed by atoms with Crippen LogP contribution >= 0.6 is 8.45 Å². The van der Waals surface area contributed by atoms with Crippen LogP contribution in [0.4, 0.5) is 0 Å². The van der Waals surface area contributed by atoms with E-state index in [1.165, 1.54) is 6.92 Å². The van der Waals surface area contributed by atoms with Gasteiger partial charge in [-0.1, -0.05) is 0 Å². The number of esters is 1. The first-order valence-corrected chi connectivity index (χ1v) is 11.8. The molecule has 6 nitrogen and oxygen atoms in total. The largest absolute Gasteiger partial charge is 0.466 e. The minimum Gasteiger partial charge on any atom is -0.466 e. The SMILES string of the molecule is CC(=O)CCC(=O)OCCCCOP(N(C(C)C)C(C)C)N(C(C)C)C(C)C. The molecule has 0 amide bonds. The van der Waals surface area contributed by atoms with Gasteiger partial charge in [0.15, 0.2) is 8.45 Å². The van der Waals surface area contributed by atoms with Crippen molar-refractivity contribution >= 4 is 20.2 Å². The Labute approximate surface area is 174 Å². The zero-order chi connectivity index (χ0) is 21.9. The van der Waals surface area contributed by atoms with Gasteiger partial charge in [-0.3, -0.25) is 4.79 Å². The highest BCUT2D eigenvalue weighted by molar-refractivity contribution is 7.47. The highest BCUT2D eigenvalue weighted by Crippen LogP contribution is 2.50. The predicted molar refractivity (Wildman–Crippen MR) is 117 cm³/mol. The summed E-state index contributed by atoms with van der Waals surface area (Å²) in [5, 5.41) is 0. The lowest BCUT2D eigenvalue weighted by molar-refractivity contribution is -0.144. The Balaban J connectivity index is 4.65. The van der Waals surface area contributed by atoms with Crippen molar-refractivity contribution in [3.63, 3.8) is 0 Å². The van der Waals surface area contributed by atoms with Crippen molar-refractivity contribution in [1.29, 1.82) is 0 Å². The molecule has 0 unspecified atom stereocenters. The molecule has 166 valence electrons. The maximum Gasteiger partial charge on any atom is 0.306 e. The summed E-state index contributed by atoms with van der Waals surface area (Å²) in [5.41, 5.74) is 0. The monoisotopic (exact) mass is 418 g/mol. The zero-order valence-electron chi connectivity index (χ0n) is 19.5. The normalized spacial score (nSPS) is 12.4. The van der Waals surface area contributed by atoms with E-state index in [9.17, 15) is 9.59 Å². The molecule has 7 heteroatoms. The number of ketones is 1. The van der Waals surface area contributed by atoms with Crippen molar-refractivity contribution < 1.29 is 18.8 Å². The predicted octanol–water partition coefficient (Wildman–Crippen LogP) is 5.16. The lowest BCUT2D eigenvalue weighted by Crippen LogP contribution is -2.43. The van der Waals surface area contributed by atoms with E-state index in [1.807, 2.05) is 0 Å². The third-order valence-electron chi connectivity index (χ3n) is 4.20. The number of ether oxygens (including phenoxy) is 1. The van der Waals surface area contributed by atoms with Gasteiger partial charge in [-0.25, -0.2) is 9.34 Å².